The number of fused-ring (bicyclic) bond motifs is 2. The number of aliphatic hydroxyl groups is 6. The normalized spacial score (nSPS) is 51.5. The van der Waals surface area contributed by atoms with Gasteiger partial charge in [-0.05, 0) is 94.3 Å². The minimum atomic E-state index is -1.62. The summed E-state index contributed by atoms with van der Waals surface area (Å²) < 4.78 is 6.35. The number of Topliss-reactive ketones (excluding diaryl/α,β-unsaturated/α-hetero) is 1. The molecule has 320 valence electrons. The average Bonchev–Trinajstić information content (AvgIpc) is 3.57. The van der Waals surface area contributed by atoms with Crippen LogP contribution in [0.1, 0.15) is 118 Å². The number of hydrogen-bond acceptors (Lipinski definition) is 10. The number of ketones is 1. The van der Waals surface area contributed by atoms with Crippen molar-refractivity contribution in [3.8, 4) is 0 Å². The third-order valence-electron chi connectivity index (χ3n) is 18.2. The minimum absolute atomic E-state index is 0.00591. The first-order valence-corrected chi connectivity index (χ1v) is 22.8. The molecule has 7 aliphatic carbocycles. The highest BCUT2D eigenvalue weighted by atomic mass is 16.5. The summed E-state index contributed by atoms with van der Waals surface area (Å²) >= 11 is 0. The lowest BCUT2D eigenvalue weighted by Crippen LogP contribution is -2.95. The molecule has 9 rings (SSSR count). The summed E-state index contributed by atoms with van der Waals surface area (Å²) in [6, 6.07) is 0. The SMILES string of the molecule is CCCCCCC1COC(C(O)C(C)(O)C2CCC3(O)C4C(=NCC(C)O)C(=O)C5CC(O)C(O)CC56CC5(C7CCC(N)[NH2+]C7)C=CC(CC23C)C46C=C5)C1C. The molecule has 9 aliphatic rings. The van der Waals surface area contributed by atoms with E-state index in [4.69, 9.17) is 15.5 Å². The van der Waals surface area contributed by atoms with Crippen molar-refractivity contribution < 1.29 is 45.5 Å². The molecule has 10 N–H and O–H groups in total. The van der Waals surface area contributed by atoms with E-state index in [2.05, 4.69) is 50.4 Å². The van der Waals surface area contributed by atoms with E-state index in [-0.39, 0.29) is 54.8 Å². The molecule has 0 aromatic carbocycles. The highest BCUT2D eigenvalue weighted by molar-refractivity contribution is 6.43. The van der Waals surface area contributed by atoms with Crippen molar-refractivity contribution in [2.24, 2.45) is 73.8 Å². The Hall–Kier alpha value is -1.54. The molecule has 2 heterocycles. The molecule has 0 amide bonds. The Bertz CT molecular complexity index is 1630. The number of hydrogen-bond donors (Lipinski definition) is 8. The van der Waals surface area contributed by atoms with Crippen molar-refractivity contribution in [3.05, 3.63) is 24.3 Å². The van der Waals surface area contributed by atoms with E-state index in [1.54, 1.807) is 13.8 Å². The zero-order valence-electron chi connectivity index (χ0n) is 35.2. The van der Waals surface area contributed by atoms with E-state index in [0.717, 1.165) is 32.2 Å². The maximum atomic E-state index is 15.4. The number of nitrogens with two attached hydrogens (primary N) is 2. The Labute approximate surface area is 340 Å². The zero-order valence-corrected chi connectivity index (χ0v) is 35.2. The number of unbranched alkanes of at least 4 members (excludes halogenated alkanes) is 3. The van der Waals surface area contributed by atoms with Crippen LogP contribution in [-0.4, -0.2) is 110 Å². The Balaban J connectivity index is 1.24. The van der Waals surface area contributed by atoms with Crippen molar-refractivity contribution in [2.45, 2.75) is 166 Å². The van der Waals surface area contributed by atoms with Gasteiger partial charge in [0.15, 0.2) is 5.78 Å². The van der Waals surface area contributed by atoms with Gasteiger partial charge in [0, 0.05) is 40.4 Å². The molecular formula is C46H74N3O8+. The minimum Gasteiger partial charge on any atom is -0.391 e. The van der Waals surface area contributed by atoms with Gasteiger partial charge in [-0.15, -0.1) is 0 Å². The van der Waals surface area contributed by atoms with Gasteiger partial charge in [-0.3, -0.25) is 15.5 Å². The molecule has 2 bridgehead atoms. The molecule has 0 aromatic rings. The van der Waals surface area contributed by atoms with Gasteiger partial charge >= 0.3 is 0 Å². The van der Waals surface area contributed by atoms with Crippen molar-refractivity contribution >= 4 is 11.5 Å². The molecule has 4 saturated carbocycles. The number of allylic oxidation sites excluding steroid dienone is 4. The zero-order chi connectivity index (χ0) is 40.9. The second-order valence-electron chi connectivity index (χ2n) is 21.2. The second-order valence-corrected chi connectivity index (χ2v) is 21.2. The summed E-state index contributed by atoms with van der Waals surface area (Å²) in [5.41, 5.74) is 0.483. The number of quaternary nitrogens is 1. The van der Waals surface area contributed by atoms with Crippen LogP contribution in [0.2, 0.25) is 0 Å². The first-order valence-electron chi connectivity index (χ1n) is 22.8. The Morgan fingerprint density at radius 1 is 1.09 bits per heavy atom. The van der Waals surface area contributed by atoms with Crippen LogP contribution in [0.5, 0.6) is 0 Å². The smallest absolute Gasteiger partial charge is 0.180 e. The van der Waals surface area contributed by atoms with Crippen LogP contribution < -0.4 is 11.1 Å². The number of aliphatic hydroxyl groups excluding tert-OH is 4. The largest absolute Gasteiger partial charge is 0.391 e. The quantitative estimate of drug-likeness (QED) is 0.114. The van der Waals surface area contributed by atoms with Gasteiger partial charge < -0.3 is 40.7 Å². The maximum Gasteiger partial charge on any atom is 0.180 e. The monoisotopic (exact) mass is 797 g/mol. The van der Waals surface area contributed by atoms with Crippen LogP contribution in [0.25, 0.3) is 0 Å². The standard InChI is InChI=1S/C46H73N3O8/c1-6-7-8-9-10-28-24-57-38(27(28)3)40(54)42(5,55)34-14-16-46(56)39-36(49-22-26(2)50)37(53)31-19-32(51)33(52)21-44(31)25-43(30-11-12-35(47)48-23-30)15-13-29(20-41(34,46)4)45(39,44)18-17-43/h13,15,17-18,26-35,38-40,48,50-52,54-56H,6-12,14,16,19-25,47H2,1-5H3/p+1. The highest BCUT2D eigenvalue weighted by Crippen LogP contribution is 2.80. The van der Waals surface area contributed by atoms with Crippen LogP contribution >= 0.6 is 0 Å². The van der Waals surface area contributed by atoms with E-state index in [9.17, 15) is 30.6 Å². The molecule has 11 nitrogen and oxygen atoms in total. The second kappa shape index (κ2) is 14.8. The van der Waals surface area contributed by atoms with Crippen molar-refractivity contribution in [2.75, 3.05) is 19.7 Å². The Kier molecular flexibility index (Phi) is 11.0. The molecule has 2 spiro atoms. The van der Waals surface area contributed by atoms with Crippen LogP contribution in [-0.2, 0) is 9.53 Å². The molecular weight excluding hydrogens is 723 g/mol. The van der Waals surface area contributed by atoms with Crippen LogP contribution in [0.15, 0.2) is 29.3 Å². The fraction of sp³-hybridized carbons (Fsp3) is 0.870. The lowest BCUT2D eigenvalue weighted by molar-refractivity contribution is -0.704. The third kappa shape index (κ3) is 6.04. The number of nitrogens with zero attached hydrogens (tertiary/aromatic N) is 1. The van der Waals surface area contributed by atoms with E-state index in [1.165, 1.54) is 19.3 Å². The molecule has 57 heavy (non-hydrogen) atoms. The summed E-state index contributed by atoms with van der Waals surface area (Å²) in [4.78, 5) is 20.3. The molecule has 19 atom stereocenters. The number of carbonyl (C=O) groups excluding carboxylic acids is 1. The average molecular weight is 797 g/mol. The molecule has 2 aliphatic heterocycles. The summed E-state index contributed by atoms with van der Waals surface area (Å²) in [7, 11) is 0. The number of rotatable bonds is 11. The molecule has 0 radical (unpaired) electrons. The molecule has 2 saturated heterocycles. The summed E-state index contributed by atoms with van der Waals surface area (Å²) in [6.07, 6.45) is 14.5. The van der Waals surface area contributed by atoms with E-state index < -0.39 is 81.1 Å². The predicted octanol–water partition coefficient (Wildman–Crippen LogP) is 2.79. The topological polar surface area (TPSA) is 203 Å². The van der Waals surface area contributed by atoms with Gasteiger partial charge in [-0.25, -0.2) is 0 Å². The van der Waals surface area contributed by atoms with Crippen molar-refractivity contribution in [1.82, 2.24) is 0 Å². The molecule has 19 unspecified atom stereocenters. The van der Waals surface area contributed by atoms with Gasteiger partial charge in [0.25, 0.3) is 0 Å². The summed E-state index contributed by atoms with van der Waals surface area (Å²) in [5, 5.41) is 74.7. The fourth-order valence-electron chi connectivity index (χ4n) is 15.2. The van der Waals surface area contributed by atoms with Gasteiger partial charge in [0.1, 0.15) is 12.3 Å². The Morgan fingerprint density at radius 2 is 1.86 bits per heavy atom. The first kappa shape index (κ1) is 42.2. The van der Waals surface area contributed by atoms with Crippen LogP contribution in [0.3, 0.4) is 0 Å². The number of piperidine rings is 1. The molecule has 0 aromatic heterocycles. The number of carbonyl (C=O) groups is 1. The van der Waals surface area contributed by atoms with Gasteiger partial charge in [0.2, 0.25) is 0 Å². The number of aliphatic imine (C=N–C) groups is 1. The molecule has 6 fully saturated rings. The van der Waals surface area contributed by atoms with Crippen LogP contribution in [0.4, 0.5) is 0 Å². The Morgan fingerprint density at radius 3 is 2.56 bits per heavy atom. The highest BCUT2D eigenvalue weighted by Gasteiger charge is 2.82. The summed E-state index contributed by atoms with van der Waals surface area (Å²) in [5.74, 6) is -1.77. The van der Waals surface area contributed by atoms with Gasteiger partial charge in [-0.1, -0.05) is 70.8 Å². The van der Waals surface area contributed by atoms with Gasteiger partial charge in [-0.2, -0.15) is 0 Å². The van der Waals surface area contributed by atoms with E-state index in [1.807, 2.05) is 0 Å². The fourth-order valence-corrected chi connectivity index (χ4v) is 15.2. The lowest BCUT2D eigenvalue weighted by Gasteiger charge is -2.73. The van der Waals surface area contributed by atoms with Crippen molar-refractivity contribution in [1.29, 1.82) is 0 Å². The summed E-state index contributed by atoms with van der Waals surface area (Å²) in [6.45, 7) is 11.2. The third-order valence-corrected chi connectivity index (χ3v) is 18.2. The molecule has 11 heteroatoms. The number of ether oxygens (including phenoxy) is 1. The lowest BCUT2D eigenvalue weighted by atomic mass is 9.30. The van der Waals surface area contributed by atoms with Crippen molar-refractivity contribution in [3.63, 3.8) is 0 Å². The predicted molar refractivity (Wildman–Crippen MR) is 217 cm³/mol. The van der Waals surface area contributed by atoms with E-state index in [0.29, 0.717) is 38.2 Å². The van der Waals surface area contributed by atoms with Crippen LogP contribution in [0, 0.1) is 63.1 Å². The van der Waals surface area contributed by atoms with E-state index >= 15 is 4.79 Å². The van der Waals surface area contributed by atoms with Gasteiger partial charge in [0.05, 0.1) is 61.0 Å². The maximum absolute atomic E-state index is 15.4. The first-order chi connectivity index (χ1) is 26.9.